The van der Waals surface area contributed by atoms with Crippen LogP contribution in [0.15, 0.2) is 42.5 Å². The Morgan fingerprint density at radius 1 is 1.22 bits per heavy atom. The van der Waals surface area contributed by atoms with E-state index in [1.165, 1.54) is 29.2 Å². The van der Waals surface area contributed by atoms with E-state index in [2.05, 4.69) is 10.6 Å². The van der Waals surface area contributed by atoms with Crippen molar-refractivity contribution in [2.24, 2.45) is 0 Å². The highest BCUT2D eigenvalue weighted by atomic mass is 19.1. The minimum Gasteiger partial charge on any atom is -0.378 e. The van der Waals surface area contributed by atoms with E-state index in [4.69, 9.17) is 0 Å². The number of nitrogens with zero attached hydrogens (tertiary/aromatic N) is 2. The average molecular weight is 370 g/mol. The van der Waals surface area contributed by atoms with Gasteiger partial charge in [-0.2, -0.15) is 0 Å². The molecule has 142 valence electrons. The summed E-state index contributed by atoms with van der Waals surface area (Å²) in [6, 6.07) is 10.3. The summed E-state index contributed by atoms with van der Waals surface area (Å²) in [5.74, 6) is -0.663. The second kappa shape index (κ2) is 7.65. The number of benzene rings is 2. The monoisotopic (exact) mass is 370 g/mol. The second-order valence-electron chi connectivity index (χ2n) is 6.76. The molecule has 3 rings (SSSR count). The molecule has 3 amide bonds. The molecule has 0 bridgehead atoms. The predicted molar refractivity (Wildman–Crippen MR) is 103 cm³/mol. The maximum Gasteiger partial charge on any atom is 0.322 e. The van der Waals surface area contributed by atoms with Gasteiger partial charge in [-0.25, -0.2) is 9.18 Å². The van der Waals surface area contributed by atoms with E-state index in [9.17, 15) is 14.0 Å². The number of aryl methyl sites for hydroxylation is 1. The molecule has 7 heteroatoms. The number of anilines is 2. The van der Waals surface area contributed by atoms with E-state index in [0.29, 0.717) is 24.3 Å². The molecule has 0 aliphatic carbocycles. The van der Waals surface area contributed by atoms with E-state index >= 15 is 0 Å². The van der Waals surface area contributed by atoms with Gasteiger partial charge in [0.15, 0.2) is 0 Å². The van der Waals surface area contributed by atoms with Crippen molar-refractivity contribution in [2.75, 3.05) is 37.4 Å². The van der Waals surface area contributed by atoms with Gasteiger partial charge in [0.2, 0.25) is 5.91 Å². The summed E-state index contributed by atoms with van der Waals surface area (Å²) in [7, 11) is 3.85. The Balaban J connectivity index is 1.86. The van der Waals surface area contributed by atoms with Gasteiger partial charge in [-0.3, -0.25) is 4.79 Å². The van der Waals surface area contributed by atoms with Crippen LogP contribution in [-0.2, 0) is 4.79 Å². The Bertz CT molecular complexity index is 852. The molecule has 1 aliphatic rings. The summed E-state index contributed by atoms with van der Waals surface area (Å²) in [6.07, 6.45) is 0. The molecule has 1 unspecified atom stereocenters. The fraction of sp³-hybridized carbons (Fsp3) is 0.300. The summed E-state index contributed by atoms with van der Waals surface area (Å²) in [5.41, 5.74) is 3.15. The molecular formula is C20H23FN4O2. The highest BCUT2D eigenvalue weighted by molar-refractivity contribution is 5.96. The van der Waals surface area contributed by atoms with Crippen LogP contribution < -0.4 is 15.5 Å². The first-order chi connectivity index (χ1) is 12.9. The van der Waals surface area contributed by atoms with Crippen LogP contribution >= 0.6 is 0 Å². The van der Waals surface area contributed by atoms with Crippen molar-refractivity contribution in [1.29, 1.82) is 0 Å². The van der Waals surface area contributed by atoms with Crippen LogP contribution in [0.3, 0.4) is 0 Å². The lowest BCUT2D eigenvalue weighted by Gasteiger charge is -2.35. The first-order valence-electron chi connectivity index (χ1n) is 8.75. The zero-order valence-corrected chi connectivity index (χ0v) is 15.6. The van der Waals surface area contributed by atoms with Crippen molar-refractivity contribution < 1.29 is 14.0 Å². The van der Waals surface area contributed by atoms with Crippen LogP contribution in [0.4, 0.5) is 20.6 Å². The van der Waals surface area contributed by atoms with E-state index in [0.717, 1.165) is 11.3 Å². The maximum atomic E-state index is 13.2. The molecule has 1 fully saturated rings. The first kappa shape index (κ1) is 18.7. The van der Waals surface area contributed by atoms with Crippen molar-refractivity contribution in [2.45, 2.75) is 13.0 Å². The number of carbonyl (C=O) groups is 2. The summed E-state index contributed by atoms with van der Waals surface area (Å²) < 4.78 is 13.2. The number of hydrogen-bond acceptors (Lipinski definition) is 3. The molecule has 2 N–H and O–H groups in total. The molecule has 0 saturated carbocycles. The van der Waals surface area contributed by atoms with Gasteiger partial charge in [-0.1, -0.05) is 18.2 Å². The summed E-state index contributed by atoms with van der Waals surface area (Å²) in [4.78, 5) is 28.8. The number of amides is 3. The normalized spacial score (nSPS) is 16.7. The number of nitrogens with one attached hydrogen (secondary N) is 2. The molecular weight excluding hydrogens is 347 g/mol. The smallest absolute Gasteiger partial charge is 0.322 e. The van der Waals surface area contributed by atoms with Gasteiger partial charge in [-0.05, 0) is 42.3 Å². The van der Waals surface area contributed by atoms with Crippen molar-refractivity contribution >= 4 is 23.3 Å². The van der Waals surface area contributed by atoms with Gasteiger partial charge >= 0.3 is 6.03 Å². The standard InChI is InChI=1S/C20H23FN4O2/c1-13-4-9-16(24(2)3)12-17(13)23-20(27)25-11-10-22-19(26)18(25)14-5-7-15(21)8-6-14/h4-9,12,18H,10-11H2,1-3H3,(H,22,26)(H,23,27). The molecule has 1 heterocycles. The summed E-state index contributed by atoms with van der Waals surface area (Å²) >= 11 is 0. The molecule has 27 heavy (non-hydrogen) atoms. The SMILES string of the molecule is Cc1ccc(N(C)C)cc1NC(=O)N1CCNC(=O)C1c1ccc(F)cc1. The maximum absolute atomic E-state index is 13.2. The Kier molecular flexibility index (Phi) is 5.30. The van der Waals surface area contributed by atoms with E-state index in [1.807, 2.05) is 44.1 Å². The summed E-state index contributed by atoms with van der Waals surface area (Å²) in [5, 5.41) is 5.68. The van der Waals surface area contributed by atoms with Crippen molar-refractivity contribution in [3.05, 3.63) is 59.4 Å². The zero-order valence-electron chi connectivity index (χ0n) is 15.6. The van der Waals surface area contributed by atoms with Crippen molar-refractivity contribution in [3.63, 3.8) is 0 Å². The number of halogens is 1. The third-order valence-electron chi connectivity index (χ3n) is 4.64. The van der Waals surface area contributed by atoms with Gasteiger partial charge in [0.25, 0.3) is 0 Å². The Morgan fingerprint density at radius 2 is 1.93 bits per heavy atom. The minimum absolute atomic E-state index is 0.276. The van der Waals surface area contributed by atoms with Crippen LogP contribution in [0.2, 0.25) is 0 Å². The Labute approximate surface area is 158 Å². The topological polar surface area (TPSA) is 64.7 Å². The van der Waals surface area contributed by atoms with Gasteiger partial charge in [0.1, 0.15) is 11.9 Å². The molecule has 1 aliphatic heterocycles. The molecule has 6 nitrogen and oxygen atoms in total. The molecule has 0 aromatic heterocycles. The van der Waals surface area contributed by atoms with E-state index in [-0.39, 0.29) is 17.8 Å². The molecule has 0 spiro atoms. The third-order valence-corrected chi connectivity index (χ3v) is 4.64. The lowest BCUT2D eigenvalue weighted by atomic mass is 10.0. The van der Waals surface area contributed by atoms with Gasteiger partial charge in [-0.15, -0.1) is 0 Å². The molecule has 1 saturated heterocycles. The van der Waals surface area contributed by atoms with E-state index < -0.39 is 6.04 Å². The lowest BCUT2D eigenvalue weighted by Crippen LogP contribution is -2.53. The first-order valence-corrected chi connectivity index (χ1v) is 8.75. The third kappa shape index (κ3) is 4.02. The van der Waals surface area contributed by atoms with Crippen LogP contribution in [0.25, 0.3) is 0 Å². The molecule has 1 atom stereocenters. The number of rotatable bonds is 3. The van der Waals surface area contributed by atoms with Crippen LogP contribution in [0.1, 0.15) is 17.2 Å². The zero-order chi connectivity index (χ0) is 19.6. The Morgan fingerprint density at radius 3 is 2.59 bits per heavy atom. The second-order valence-corrected chi connectivity index (χ2v) is 6.76. The fourth-order valence-corrected chi connectivity index (χ4v) is 3.07. The minimum atomic E-state index is -0.795. The number of hydrogen-bond donors (Lipinski definition) is 2. The lowest BCUT2D eigenvalue weighted by molar-refractivity contribution is -0.127. The number of carbonyl (C=O) groups excluding carboxylic acids is 2. The number of urea groups is 1. The number of piperazine rings is 1. The van der Waals surface area contributed by atoms with Crippen molar-refractivity contribution in [1.82, 2.24) is 10.2 Å². The van der Waals surface area contributed by atoms with Crippen LogP contribution in [0.5, 0.6) is 0 Å². The van der Waals surface area contributed by atoms with Crippen LogP contribution in [0, 0.1) is 12.7 Å². The van der Waals surface area contributed by atoms with Gasteiger partial charge in [0, 0.05) is 38.6 Å². The molecule has 2 aromatic rings. The van der Waals surface area contributed by atoms with E-state index in [1.54, 1.807) is 0 Å². The highest BCUT2D eigenvalue weighted by Gasteiger charge is 2.34. The highest BCUT2D eigenvalue weighted by Crippen LogP contribution is 2.26. The fourth-order valence-electron chi connectivity index (χ4n) is 3.07. The van der Waals surface area contributed by atoms with Crippen LogP contribution in [-0.4, -0.2) is 44.0 Å². The Hall–Kier alpha value is -3.09. The van der Waals surface area contributed by atoms with Gasteiger partial charge in [0.05, 0.1) is 0 Å². The quantitative estimate of drug-likeness (QED) is 0.873. The summed E-state index contributed by atoms with van der Waals surface area (Å²) in [6.45, 7) is 2.65. The molecule has 0 radical (unpaired) electrons. The average Bonchev–Trinajstić information content (AvgIpc) is 2.64. The predicted octanol–water partition coefficient (Wildman–Crippen LogP) is 2.91. The van der Waals surface area contributed by atoms with Gasteiger partial charge < -0.3 is 20.4 Å². The molecule has 2 aromatic carbocycles. The van der Waals surface area contributed by atoms with Crippen molar-refractivity contribution in [3.8, 4) is 0 Å². The largest absolute Gasteiger partial charge is 0.378 e.